The number of ether oxygens (including phenoxy) is 3. The minimum atomic E-state index is -0.693. The summed E-state index contributed by atoms with van der Waals surface area (Å²) in [5.41, 5.74) is -0.0350. The number of hydrogen-bond acceptors (Lipinski definition) is 7. The van der Waals surface area contributed by atoms with Gasteiger partial charge in [0.15, 0.2) is 11.5 Å². The average Bonchev–Trinajstić information content (AvgIpc) is 3.05. The van der Waals surface area contributed by atoms with Crippen LogP contribution >= 0.6 is 0 Å². The first-order chi connectivity index (χ1) is 10.6. The second kappa shape index (κ2) is 6.57. The van der Waals surface area contributed by atoms with E-state index in [9.17, 15) is 14.9 Å². The van der Waals surface area contributed by atoms with Gasteiger partial charge in [-0.25, -0.2) is 14.3 Å². The van der Waals surface area contributed by atoms with Gasteiger partial charge in [0.2, 0.25) is 0 Å². The van der Waals surface area contributed by atoms with E-state index in [4.69, 9.17) is 14.2 Å². The van der Waals surface area contributed by atoms with Crippen LogP contribution in [0.15, 0.2) is 30.9 Å². The van der Waals surface area contributed by atoms with Gasteiger partial charge in [0.05, 0.1) is 30.8 Å². The van der Waals surface area contributed by atoms with Crippen LogP contribution in [0.5, 0.6) is 11.5 Å². The maximum atomic E-state index is 11.7. The Bertz CT molecular complexity index is 683. The van der Waals surface area contributed by atoms with Gasteiger partial charge in [0.25, 0.3) is 5.69 Å². The van der Waals surface area contributed by atoms with Crippen LogP contribution in [0, 0.1) is 10.1 Å². The van der Waals surface area contributed by atoms with Gasteiger partial charge in [-0.3, -0.25) is 10.1 Å². The Morgan fingerprint density at radius 3 is 2.55 bits per heavy atom. The SMILES string of the molecule is COc1cc(COC(=O)n2ccnc2)c([N+](=O)[O-])cc1OC. The van der Waals surface area contributed by atoms with Gasteiger partial charge in [0, 0.05) is 12.4 Å². The van der Waals surface area contributed by atoms with Crippen LogP contribution in [0.1, 0.15) is 5.56 Å². The van der Waals surface area contributed by atoms with E-state index in [0.717, 1.165) is 4.57 Å². The molecule has 0 fully saturated rings. The molecule has 1 heterocycles. The zero-order valence-electron chi connectivity index (χ0n) is 11.9. The van der Waals surface area contributed by atoms with Crippen molar-refractivity contribution < 1.29 is 23.9 Å². The molecule has 0 aliphatic heterocycles. The van der Waals surface area contributed by atoms with Crippen LogP contribution in [0.4, 0.5) is 10.5 Å². The van der Waals surface area contributed by atoms with Gasteiger partial charge in [-0.2, -0.15) is 0 Å². The number of rotatable bonds is 5. The first kappa shape index (κ1) is 15.3. The summed E-state index contributed by atoms with van der Waals surface area (Å²) in [6.45, 7) is -0.284. The average molecular weight is 307 g/mol. The highest BCUT2D eigenvalue weighted by molar-refractivity contribution is 5.70. The third kappa shape index (κ3) is 3.14. The Morgan fingerprint density at radius 1 is 1.32 bits per heavy atom. The molecule has 0 atom stereocenters. The zero-order chi connectivity index (χ0) is 16.1. The molecule has 2 aromatic rings. The fraction of sp³-hybridized carbons (Fsp3) is 0.231. The molecule has 0 amide bonds. The molecule has 1 aromatic carbocycles. The summed E-state index contributed by atoms with van der Waals surface area (Å²) in [4.78, 5) is 26.0. The predicted molar refractivity (Wildman–Crippen MR) is 74.0 cm³/mol. The second-order valence-corrected chi connectivity index (χ2v) is 4.12. The fourth-order valence-corrected chi connectivity index (χ4v) is 1.78. The lowest BCUT2D eigenvalue weighted by molar-refractivity contribution is -0.385. The van der Waals surface area contributed by atoms with Crippen molar-refractivity contribution in [2.45, 2.75) is 6.61 Å². The van der Waals surface area contributed by atoms with Crippen molar-refractivity contribution in [3.8, 4) is 11.5 Å². The van der Waals surface area contributed by atoms with Crippen molar-refractivity contribution in [2.75, 3.05) is 14.2 Å². The van der Waals surface area contributed by atoms with E-state index in [-0.39, 0.29) is 23.6 Å². The third-order valence-electron chi connectivity index (χ3n) is 2.85. The summed E-state index contributed by atoms with van der Waals surface area (Å²) in [5, 5.41) is 11.1. The summed E-state index contributed by atoms with van der Waals surface area (Å²) < 4.78 is 16.2. The standard InChI is InChI=1S/C13H13N3O6/c1-20-11-5-9(10(16(18)19)6-12(11)21-2)7-22-13(17)15-4-3-14-8-15/h3-6,8H,7H2,1-2H3. The number of carbonyl (C=O) groups excluding carboxylic acids is 1. The fourth-order valence-electron chi connectivity index (χ4n) is 1.78. The van der Waals surface area contributed by atoms with E-state index in [1.54, 1.807) is 0 Å². The molecule has 0 aliphatic carbocycles. The number of aromatic nitrogens is 2. The highest BCUT2D eigenvalue weighted by Gasteiger charge is 2.20. The van der Waals surface area contributed by atoms with E-state index in [1.165, 1.54) is 45.1 Å². The van der Waals surface area contributed by atoms with Crippen molar-refractivity contribution in [1.29, 1.82) is 0 Å². The molecule has 0 N–H and O–H groups in total. The highest BCUT2D eigenvalue weighted by Crippen LogP contribution is 2.34. The van der Waals surface area contributed by atoms with Crippen LogP contribution in [0.2, 0.25) is 0 Å². The highest BCUT2D eigenvalue weighted by atomic mass is 16.6. The summed E-state index contributed by atoms with van der Waals surface area (Å²) in [7, 11) is 2.78. The summed E-state index contributed by atoms with van der Waals surface area (Å²) in [5.74, 6) is 0.528. The normalized spacial score (nSPS) is 10.1. The number of nitro groups is 1. The van der Waals surface area contributed by atoms with E-state index >= 15 is 0 Å². The minimum Gasteiger partial charge on any atom is -0.493 e. The largest absolute Gasteiger partial charge is 0.493 e. The molecule has 0 spiro atoms. The van der Waals surface area contributed by atoms with Crippen molar-refractivity contribution in [3.63, 3.8) is 0 Å². The van der Waals surface area contributed by atoms with Crippen molar-refractivity contribution >= 4 is 11.8 Å². The number of nitrogens with zero attached hydrogens (tertiary/aromatic N) is 3. The Labute approximate surface area is 125 Å². The first-order valence-electron chi connectivity index (χ1n) is 6.11. The minimum absolute atomic E-state index is 0.191. The zero-order valence-corrected chi connectivity index (χ0v) is 11.9. The van der Waals surface area contributed by atoms with Crippen molar-refractivity contribution in [2.24, 2.45) is 0 Å². The number of nitro benzene ring substituents is 1. The smallest absolute Gasteiger partial charge is 0.419 e. The summed E-state index contributed by atoms with van der Waals surface area (Å²) >= 11 is 0. The lowest BCUT2D eigenvalue weighted by Crippen LogP contribution is -2.12. The molecule has 0 bridgehead atoms. The molecule has 0 unspecified atom stereocenters. The van der Waals surface area contributed by atoms with Crippen LogP contribution in [-0.4, -0.2) is 34.8 Å². The number of carbonyl (C=O) groups is 1. The number of benzene rings is 1. The first-order valence-corrected chi connectivity index (χ1v) is 6.11. The molecule has 0 radical (unpaired) electrons. The Kier molecular flexibility index (Phi) is 4.57. The van der Waals surface area contributed by atoms with Gasteiger partial charge in [-0.05, 0) is 6.07 Å². The van der Waals surface area contributed by atoms with Gasteiger partial charge in [-0.15, -0.1) is 0 Å². The lowest BCUT2D eigenvalue weighted by Gasteiger charge is -2.11. The van der Waals surface area contributed by atoms with Crippen LogP contribution in [0.3, 0.4) is 0 Å². The third-order valence-corrected chi connectivity index (χ3v) is 2.85. The van der Waals surface area contributed by atoms with E-state index in [1.807, 2.05) is 0 Å². The van der Waals surface area contributed by atoms with Gasteiger partial charge < -0.3 is 14.2 Å². The van der Waals surface area contributed by atoms with Gasteiger partial charge in [0.1, 0.15) is 12.9 Å². The molecule has 1 aromatic heterocycles. The van der Waals surface area contributed by atoms with Crippen LogP contribution in [0.25, 0.3) is 0 Å². The molecule has 0 aliphatic rings. The van der Waals surface area contributed by atoms with Crippen LogP contribution < -0.4 is 9.47 Å². The van der Waals surface area contributed by atoms with Gasteiger partial charge >= 0.3 is 6.09 Å². The predicted octanol–water partition coefficient (Wildman–Crippen LogP) is 1.99. The molecular formula is C13H13N3O6. The van der Waals surface area contributed by atoms with Crippen molar-refractivity contribution in [3.05, 3.63) is 46.5 Å². The van der Waals surface area contributed by atoms with Crippen LogP contribution in [-0.2, 0) is 11.3 Å². The lowest BCUT2D eigenvalue weighted by atomic mass is 10.1. The monoisotopic (exact) mass is 307 g/mol. The Morgan fingerprint density at radius 2 is 2.00 bits per heavy atom. The summed E-state index contributed by atoms with van der Waals surface area (Å²) in [6, 6.07) is 2.62. The molecule has 0 saturated carbocycles. The molecular weight excluding hydrogens is 294 g/mol. The number of hydrogen-bond donors (Lipinski definition) is 0. The quantitative estimate of drug-likeness (QED) is 0.614. The maximum absolute atomic E-state index is 11.7. The number of methoxy groups -OCH3 is 2. The second-order valence-electron chi connectivity index (χ2n) is 4.12. The Balaban J connectivity index is 2.25. The molecule has 2 rings (SSSR count). The molecule has 9 heteroatoms. The molecule has 9 nitrogen and oxygen atoms in total. The Hall–Kier alpha value is -3.10. The molecule has 0 saturated heterocycles. The summed E-state index contributed by atoms with van der Waals surface area (Å²) in [6.07, 6.45) is 3.40. The number of imidazole rings is 1. The van der Waals surface area contributed by atoms with E-state index in [2.05, 4.69) is 4.98 Å². The van der Waals surface area contributed by atoms with Gasteiger partial charge in [-0.1, -0.05) is 0 Å². The maximum Gasteiger partial charge on any atom is 0.419 e. The van der Waals surface area contributed by atoms with Crippen molar-refractivity contribution in [1.82, 2.24) is 9.55 Å². The molecule has 116 valence electrons. The topological polar surface area (TPSA) is 106 Å². The molecule has 22 heavy (non-hydrogen) atoms. The van der Waals surface area contributed by atoms with E-state index < -0.39 is 11.0 Å². The van der Waals surface area contributed by atoms with E-state index in [0.29, 0.717) is 5.75 Å².